The normalized spacial score (nSPS) is 10.6. The molecule has 0 unspecified atom stereocenters. The summed E-state index contributed by atoms with van der Waals surface area (Å²) in [5, 5.41) is 27.8. The second kappa shape index (κ2) is 4.61. The van der Waals surface area contributed by atoms with Gasteiger partial charge < -0.3 is 15.3 Å². The maximum absolute atomic E-state index is 9.69. The zero-order chi connectivity index (χ0) is 10.9. The first-order valence-electron chi connectivity index (χ1n) is 3.94. The second-order valence-electron chi connectivity index (χ2n) is 2.87. The van der Waals surface area contributed by atoms with Crippen molar-refractivity contribution >= 4 is 31.9 Å². The van der Waals surface area contributed by atoms with Crippen molar-refractivity contribution in [3.05, 3.63) is 25.6 Å². The molecule has 0 saturated carbocycles. The molecule has 1 aromatic carbocycles. The van der Waals surface area contributed by atoms with E-state index in [1.807, 2.05) is 6.92 Å². The van der Waals surface area contributed by atoms with Gasteiger partial charge in [-0.05, 0) is 44.3 Å². The smallest absolute Gasteiger partial charge is 0.128 e. The molecule has 0 aromatic heterocycles. The van der Waals surface area contributed by atoms with Gasteiger partial charge >= 0.3 is 0 Å². The predicted molar refractivity (Wildman–Crippen MR) is 60.1 cm³/mol. The molecule has 0 aliphatic carbocycles. The highest BCUT2D eigenvalue weighted by Crippen LogP contribution is 2.39. The van der Waals surface area contributed by atoms with Gasteiger partial charge in [0.05, 0.1) is 13.2 Å². The molecule has 0 bridgehead atoms. The van der Waals surface area contributed by atoms with Gasteiger partial charge in [-0.15, -0.1) is 0 Å². The zero-order valence-electron chi connectivity index (χ0n) is 7.51. The summed E-state index contributed by atoms with van der Waals surface area (Å²) in [6.07, 6.45) is 0. The maximum Gasteiger partial charge on any atom is 0.128 e. The first kappa shape index (κ1) is 12.0. The van der Waals surface area contributed by atoms with Crippen LogP contribution in [-0.4, -0.2) is 15.3 Å². The quantitative estimate of drug-likeness (QED) is 0.781. The molecule has 0 saturated heterocycles. The topological polar surface area (TPSA) is 60.7 Å². The highest BCUT2D eigenvalue weighted by atomic mass is 79.9. The number of phenols is 1. The Labute approximate surface area is 98.6 Å². The highest BCUT2D eigenvalue weighted by Gasteiger charge is 2.17. The Morgan fingerprint density at radius 1 is 1.00 bits per heavy atom. The lowest BCUT2D eigenvalue weighted by Gasteiger charge is -2.14. The van der Waals surface area contributed by atoms with Crippen molar-refractivity contribution in [2.24, 2.45) is 0 Å². The van der Waals surface area contributed by atoms with Gasteiger partial charge in [-0.3, -0.25) is 0 Å². The Morgan fingerprint density at radius 3 is 1.64 bits per heavy atom. The minimum atomic E-state index is -0.270. The van der Waals surface area contributed by atoms with Crippen molar-refractivity contribution in [1.82, 2.24) is 0 Å². The lowest BCUT2D eigenvalue weighted by molar-refractivity contribution is 0.262. The van der Waals surface area contributed by atoms with Crippen LogP contribution in [0.25, 0.3) is 0 Å². The molecule has 0 amide bonds. The van der Waals surface area contributed by atoms with E-state index in [0.717, 1.165) is 5.56 Å². The van der Waals surface area contributed by atoms with E-state index >= 15 is 0 Å². The molecule has 0 spiro atoms. The Hall–Kier alpha value is -0.100. The summed E-state index contributed by atoms with van der Waals surface area (Å²) in [5.41, 5.74) is 1.64. The number of aromatic hydroxyl groups is 1. The molecule has 3 N–H and O–H groups in total. The van der Waals surface area contributed by atoms with Crippen molar-refractivity contribution in [1.29, 1.82) is 0 Å². The molecule has 1 aromatic rings. The van der Waals surface area contributed by atoms with Crippen LogP contribution in [0, 0.1) is 6.92 Å². The first-order chi connectivity index (χ1) is 6.54. The Bertz CT molecular complexity index is 333. The summed E-state index contributed by atoms with van der Waals surface area (Å²) in [6, 6.07) is 0. The van der Waals surface area contributed by atoms with Crippen LogP contribution in [-0.2, 0) is 13.2 Å². The number of hydrogen-bond acceptors (Lipinski definition) is 3. The summed E-state index contributed by atoms with van der Waals surface area (Å²) in [7, 11) is 0. The molecule has 1 rings (SSSR count). The summed E-state index contributed by atoms with van der Waals surface area (Å²) in [6.45, 7) is 1.28. The maximum atomic E-state index is 9.69. The van der Waals surface area contributed by atoms with Gasteiger partial charge in [0.1, 0.15) is 5.75 Å². The Kier molecular flexibility index (Phi) is 3.94. The lowest BCUT2D eigenvalue weighted by Crippen LogP contribution is -1.97. The van der Waals surface area contributed by atoms with E-state index in [2.05, 4.69) is 31.9 Å². The fourth-order valence-corrected chi connectivity index (χ4v) is 2.52. The van der Waals surface area contributed by atoms with E-state index in [1.54, 1.807) is 0 Å². The van der Waals surface area contributed by atoms with E-state index in [4.69, 9.17) is 10.2 Å². The first-order valence-corrected chi connectivity index (χ1v) is 5.53. The van der Waals surface area contributed by atoms with Crippen LogP contribution < -0.4 is 0 Å². The van der Waals surface area contributed by atoms with Crippen molar-refractivity contribution in [3.63, 3.8) is 0 Å². The standard InChI is InChI=1S/C9H10Br2O3/c1-4-7(10)5(2-12)9(14)6(3-13)8(4)11/h12-14H,2-3H2,1H3. The summed E-state index contributed by atoms with van der Waals surface area (Å²) < 4.78 is 1.31. The number of aliphatic hydroxyl groups is 2. The molecule has 78 valence electrons. The molecular weight excluding hydrogens is 316 g/mol. The minimum absolute atomic E-state index is 0.0700. The molecular formula is C9H10Br2O3. The number of hydrogen-bond donors (Lipinski definition) is 3. The molecule has 3 nitrogen and oxygen atoms in total. The van der Waals surface area contributed by atoms with E-state index in [0.29, 0.717) is 20.1 Å². The minimum Gasteiger partial charge on any atom is -0.507 e. The van der Waals surface area contributed by atoms with E-state index in [9.17, 15) is 5.11 Å². The molecule has 0 aliphatic rings. The SMILES string of the molecule is Cc1c(Br)c(CO)c(O)c(CO)c1Br. The summed E-state index contributed by atoms with van der Waals surface area (Å²) in [4.78, 5) is 0. The molecule has 14 heavy (non-hydrogen) atoms. The van der Waals surface area contributed by atoms with Crippen molar-refractivity contribution in [2.75, 3.05) is 0 Å². The van der Waals surface area contributed by atoms with Crippen molar-refractivity contribution in [2.45, 2.75) is 20.1 Å². The van der Waals surface area contributed by atoms with Crippen LogP contribution in [0.5, 0.6) is 5.75 Å². The molecule has 0 heterocycles. The van der Waals surface area contributed by atoms with Gasteiger partial charge in [0.25, 0.3) is 0 Å². The third-order valence-electron chi connectivity index (χ3n) is 2.08. The van der Waals surface area contributed by atoms with Gasteiger partial charge in [0, 0.05) is 20.1 Å². The number of benzene rings is 1. The summed E-state index contributed by atoms with van der Waals surface area (Å²) in [5.74, 6) is -0.0700. The third kappa shape index (κ3) is 1.82. The van der Waals surface area contributed by atoms with E-state index < -0.39 is 0 Å². The molecule has 0 fully saturated rings. The predicted octanol–water partition coefficient (Wildman–Crippen LogP) is 2.21. The lowest BCUT2D eigenvalue weighted by atomic mass is 10.1. The van der Waals surface area contributed by atoms with Gasteiger partial charge in [-0.2, -0.15) is 0 Å². The van der Waals surface area contributed by atoms with Crippen molar-refractivity contribution in [3.8, 4) is 5.75 Å². The molecule has 0 radical (unpaired) electrons. The van der Waals surface area contributed by atoms with Crippen LogP contribution in [0.1, 0.15) is 16.7 Å². The molecule has 5 heteroatoms. The monoisotopic (exact) mass is 324 g/mol. The van der Waals surface area contributed by atoms with Gasteiger partial charge in [-0.25, -0.2) is 0 Å². The fourth-order valence-electron chi connectivity index (χ4n) is 1.23. The number of aliphatic hydroxyl groups excluding tert-OH is 2. The Balaban J connectivity index is 3.56. The fraction of sp³-hybridized carbons (Fsp3) is 0.333. The highest BCUT2D eigenvalue weighted by molar-refractivity contribution is 9.11. The molecule has 0 atom stereocenters. The Morgan fingerprint density at radius 2 is 1.36 bits per heavy atom. The largest absolute Gasteiger partial charge is 0.507 e. The summed E-state index contributed by atoms with van der Waals surface area (Å²) >= 11 is 6.55. The van der Waals surface area contributed by atoms with Crippen molar-refractivity contribution < 1.29 is 15.3 Å². The van der Waals surface area contributed by atoms with E-state index in [-0.39, 0.29) is 19.0 Å². The van der Waals surface area contributed by atoms with Crippen LogP contribution in [0.15, 0.2) is 8.95 Å². The van der Waals surface area contributed by atoms with Crippen LogP contribution in [0.2, 0.25) is 0 Å². The number of rotatable bonds is 2. The average Bonchev–Trinajstić information content (AvgIpc) is 2.16. The van der Waals surface area contributed by atoms with E-state index in [1.165, 1.54) is 0 Å². The number of halogens is 2. The second-order valence-corrected chi connectivity index (χ2v) is 4.46. The van der Waals surface area contributed by atoms with Crippen LogP contribution in [0.3, 0.4) is 0 Å². The average molecular weight is 326 g/mol. The third-order valence-corrected chi connectivity index (χ3v) is 4.22. The van der Waals surface area contributed by atoms with Crippen LogP contribution in [0.4, 0.5) is 0 Å². The van der Waals surface area contributed by atoms with Gasteiger partial charge in [-0.1, -0.05) is 0 Å². The zero-order valence-corrected chi connectivity index (χ0v) is 10.7. The van der Waals surface area contributed by atoms with Gasteiger partial charge in [0.2, 0.25) is 0 Å². The van der Waals surface area contributed by atoms with Gasteiger partial charge in [0.15, 0.2) is 0 Å². The van der Waals surface area contributed by atoms with Crippen LogP contribution >= 0.6 is 31.9 Å². The molecule has 0 aliphatic heterocycles.